The van der Waals surface area contributed by atoms with Crippen molar-refractivity contribution >= 4 is 35.6 Å². The molecule has 0 saturated carbocycles. The van der Waals surface area contributed by atoms with Crippen LogP contribution in [0.25, 0.3) is 0 Å². The van der Waals surface area contributed by atoms with Crippen molar-refractivity contribution in [1.82, 2.24) is 5.32 Å². The third kappa shape index (κ3) is 4.84. The molecule has 3 rings (SSSR count). The fourth-order valence-electron chi connectivity index (χ4n) is 2.69. The maximum atomic E-state index is 14.5. The number of hydrogen-bond acceptors (Lipinski definition) is 3. The van der Waals surface area contributed by atoms with Gasteiger partial charge in [0.05, 0.1) is 23.7 Å². The fourth-order valence-corrected chi connectivity index (χ4v) is 2.91. The number of benzene rings is 2. The second-order valence-electron chi connectivity index (χ2n) is 5.71. The van der Waals surface area contributed by atoms with Gasteiger partial charge in [-0.25, -0.2) is 8.78 Å². The highest BCUT2D eigenvalue weighted by Gasteiger charge is 2.17. The van der Waals surface area contributed by atoms with Gasteiger partial charge >= 0.3 is 0 Å². The third-order valence-corrected chi connectivity index (χ3v) is 4.26. The molecule has 0 bridgehead atoms. The molecule has 2 aromatic carbocycles. The molecule has 1 aliphatic rings. The van der Waals surface area contributed by atoms with Gasteiger partial charge in [0.15, 0.2) is 0 Å². The Labute approximate surface area is 161 Å². The van der Waals surface area contributed by atoms with Crippen molar-refractivity contribution in [3.05, 3.63) is 58.1 Å². The maximum absolute atomic E-state index is 14.5. The van der Waals surface area contributed by atoms with Crippen LogP contribution in [0, 0.1) is 11.6 Å². The van der Waals surface area contributed by atoms with Crippen LogP contribution in [0.5, 0.6) is 5.75 Å². The van der Waals surface area contributed by atoms with Gasteiger partial charge in [0.2, 0.25) is 5.91 Å². The van der Waals surface area contributed by atoms with Crippen LogP contribution in [0.4, 0.5) is 14.5 Å². The number of halogens is 4. The minimum Gasteiger partial charge on any atom is -0.491 e. The van der Waals surface area contributed by atoms with E-state index in [1.165, 1.54) is 12.1 Å². The van der Waals surface area contributed by atoms with Crippen molar-refractivity contribution in [3.63, 3.8) is 0 Å². The molecule has 0 atom stereocenters. The first-order chi connectivity index (χ1) is 12.0. The van der Waals surface area contributed by atoms with E-state index in [0.29, 0.717) is 30.8 Å². The second kappa shape index (κ2) is 9.16. The minimum absolute atomic E-state index is 0. The number of rotatable bonds is 5. The highest BCUT2D eigenvalue weighted by molar-refractivity contribution is 6.32. The molecular weight excluding hydrogens is 385 g/mol. The lowest BCUT2D eigenvalue weighted by Gasteiger charge is -2.19. The van der Waals surface area contributed by atoms with Crippen LogP contribution >= 0.6 is 24.0 Å². The number of nitrogens with one attached hydrogen (secondary N) is 2. The average Bonchev–Trinajstić information content (AvgIpc) is 2.59. The molecule has 2 N–H and O–H groups in total. The molecule has 0 aromatic heterocycles. The van der Waals surface area contributed by atoms with E-state index >= 15 is 0 Å². The highest BCUT2D eigenvalue weighted by Crippen LogP contribution is 2.26. The largest absolute Gasteiger partial charge is 0.491 e. The van der Waals surface area contributed by atoms with Crippen LogP contribution < -0.4 is 15.4 Å². The van der Waals surface area contributed by atoms with Crippen LogP contribution in [0.1, 0.15) is 17.5 Å². The summed E-state index contributed by atoms with van der Waals surface area (Å²) in [5.74, 6) is -0.919. The van der Waals surface area contributed by atoms with E-state index in [1.54, 1.807) is 6.07 Å². The van der Waals surface area contributed by atoms with Gasteiger partial charge in [-0.15, -0.1) is 12.4 Å². The lowest BCUT2D eigenvalue weighted by Crippen LogP contribution is -2.25. The summed E-state index contributed by atoms with van der Waals surface area (Å²) in [6.07, 6.45) is 0.614. The van der Waals surface area contributed by atoms with E-state index in [0.717, 1.165) is 11.6 Å². The number of anilines is 1. The summed E-state index contributed by atoms with van der Waals surface area (Å²) in [6.45, 7) is 1.40. The van der Waals surface area contributed by atoms with E-state index in [4.69, 9.17) is 16.3 Å². The van der Waals surface area contributed by atoms with Crippen molar-refractivity contribution < 1.29 is 18.3 Å². The first kappa shape index (κ1) is 20.4. The molecule has 26 heavy (non-hydrogen) atoms. The van der Waals surface area contributed by atoms with E-state index in [-0.39, 0.29) is 47.9 Å². The second-order valence-corrected chi connectivity index (χ2v) is 6.12. The van der Waals surface area contributed by atoms with Crippen molar-refractivity contribution in [1.29, 1.82) is 0 Å². The summed E-state index contributed by atoms with van der Waals surface area (Å²) >= 11 is 5.84. The topological polar surface area (TPSA) is 50.4 Å². The Kier molecular flexibility index (Phi) is 7.20. The molecule has 0 fully saturated rings. The predicted molar refractivity (Wildman–Crippen MR) is 99.2 cm³/mol. The maximum Gasteiger partial charge on any atom is 0.227 e. The molecule has 0 aliphatic carbocycles. The fraction of sp³-hybridized carbons (Fsp3) is 0.278. The first-order valence-electron chi connectivity index (χ1n) is 7.93. The van der Waals surface area contributed by atoms with Crippen molar-refractivity contribution in [3.8, 4) is 5.75 Å². The smallest absolute Gasteiger partial charge is 0.227 e. The van der Waals surface area contributed by atoms with Gasteiger partial charge in [0.1, 0.15) is 17.4 Å². The SMILES string of the molecule is Cl.O=C(CCOc1ccc(F)cc1Cl)Nc1ccc2c(c1F)CCNC2. The van der Waals surface area contributed by atoms with Gasteiger partial charge in [0, 0.05) is 6.54 Å². The zero-order valence-corrected chi connectivity index (χ0v) is 15.4. The highest BCUT2D eigenvalue weighted by atomic mass is 35.5. The van der Waals surface area contributed by atoms with Crippen LogP contribution in [-0.4, -0.2) is 19.1 Å². The average molecular weight is 403 g/mol. The first-order valence-corrected chi connectivity index (χ1v) is 8.31. The summed E-state index contributed by atoms with van der Waals surface area (Å²) in [5, 5.41) is 5.87. The van der Waals surface area contributed by atoms with Crippen molar-refractivity contribution in [2.45, 2.75) is 19.4 Å². The molecule has 1 heterocycles. The Morgan fingerprint density at radius 3 is 2.85 bits per heavy atom. The molecule has 1 aliphatic heterocycles. The number of carbonyl (C=O) groups excluding carboxylic acids is 1. The van der Waals surface area contributed by atoms with E-state index in [9.17, 15) is 13.6 Å². The minimum atomic E-state index is -0.465. The van der Waals surface area contributed by atoms with Gasteiger partial charge in [-0.2, -0.15) is 0 Å². The predicted octanol–water partition coefficient (Wildman–Crippen LogP) is 4.09. The number of hydrogen-bond donors (Lipinski definition) is 2. The van der Waals surface area contributed by atoms with E-state index in [2.05, 4.69) is 10.6 Å². The molecule has 0 spiro atoms. The standard InChI is InChI=1S/C18H17ClF2N2O2.ClH/c19-14-9-12(20)2-4-16(14)25-8-6-17(24)23-15-3-1-11-10-22-7-5-13(11)18(15)21;/h1-4,9,22H,5-8,10H2,(H,23,24);1H. The summed E-state index contributed by atoms with van der Waals surface area (Å²) < 4.78 is 32.8. The molecule has 4 nitrogen and oxygen atoms in total. The van der Waals surface area contributed by atoms with Gasteiger partial charge in [-0.1, -0.05) is 17.7 Å². The number of carbonyl (C=O) groups is 1. The van der Waals surface area contributed by atoms with Crippen molar-refractivity contribution in [2.75, 3.05) is 18.5 Å². The Morgan fingerprint density at radius 2 is 2.08 bits per heavy atom. The van der Waals surface area contributed by atoms with Gasteiger partial charge in [-0.05, 0) is 48.4 Å². The number of ether oxygens (including phenoxy) is 1. The Bertz CT molecular complexity index is 803. The quantitative estimate of drug-likeness (QED) is 0.791. The lowest BCUT2D eigenvalue weighted by atomic mass is 9.99. The molecular formula is C18H18Cl2F2N2O2. The molecule has 8 heteroatoms. The molecule has 140 valence electrons. The zero-order chi connectivity index (χ0) is 17.8. The molecule has 0 radical (unpaired) electrons. The van der Waals surface area contributed by atoms with E-state index in [1.807, 2.05) is 6.07 Å². The molecule has 2 aromatic rings. The van der Waals surface area contributed by atoms with Gasteiger partial charge < -0.3 is 15.4 Å². The normalized spacial score (nSPS) is 12.7. The number of amides is 1. The van der Waals surface area contributed by atoms with Crippen LogP contribution in [0.15, 0.2) is 30.3 Å². The molecule has 0 saturated heterocycles. The van der Waals surface area contributed by atoms with Crippen LogP contribution in [0.3, 0.4) is 0 Å². The van der Waals surface area contributed by atoms with Crippen LogP contribution in [-0.2, 0) is 17.8 Å². The van der Waals surface area contributed by atoms with Crippen LogP contribution in [0.2, 0.25) is 5.02 Å². The summed E-state index contributed by atoms with van der Waals surface area (Å²) in [4.78, 5) is 12.0. The lowest BCUT2D eigenvalue weighted by molar-refractivity contribution is -0.116. The summed E-state index contributed by atoms with van der Waals surface area (Å²) in [6, 6.07) is 7.13. The summed E-state index contributed by atoms with van der Waals surface area (Å²) in [5.41, 5.74) is 1.73. The molecule has 1 amide bonds. The Morgan fingerprint density at radius 1 is 1.27 bits per heavy atom. The van der Waals surface area contributed by atoms with E-state index < -0.39 is 5.82 Å². The van der Waals surface area contributed by atoms with Gasteiger partial charge in [-0.3, -0.25) is 4.79 Å². The third-order valence-electron chi connectivity index (χ3n) is 3.96. The zero-order valence-electron chi connectivity index (χ0n) is 13.8. The van der Waals surface area contributed by atoms with Gasteiger partial charge in [0.25, 0.3) is 0 Å². The monoisotopic (exact) mass is 402 g/mol. The Balaban J connectivity index is 0.00000243. The number of fused-ring (bicyclic) bond motifs is 1. The van der Waals surface area contributed by atoms with Crippen molar-refractivity contribution in [2.24, 2.45) is 0 Å². The Hall–Kier alpha value is -1.89. The summed E-state index contributed by atoms with van der Waals surface area (Å²) in [7, 11) is 0. The molecule has 0 unspecified atom stereocenters.